The average molecular weight is 278 g/mol. The van der Waals surface area contributed by atoms with E-state index < -0.39 is 11.6 Å². The molecule has 0 bridgehead atoms. The minimum absolute atomic E-state index is 0.162. The first-order chi connectivity index (χ1) is 7.07. The molecule has 0 aliphatic rings. The second-order valence-electron chi connectivity index (χ2n) is 3.53. The van der Waals surface area contributed by atoms with Gasteiger partial charge in [0.1, 0.15) is 11.6 Å². The smallest absolute Gasteiger partial charge is 0.143 e. The largest absolute Gasteiger partial charge is 0.330 e. The van der Waals surface area contributed by atoms with E-state index in [0.717, 1.165) is 6.42 Å². The monoisotopic (exact) mass is 277 g/mol. The average Bonchev–Trinajstić information content (AvgIpc) is 2.20. The van der Waals surface area contributed by atoms with Gasteiger partial charge in [0, 0.05) is 5.56 Å². The van der Waals surface area contributed by atoms with E-state index in [9.17, 15) is 8.78 Å². The maximum absolute atomic E-state index is 13.6. The molecule has 0 spiro atoms. The third-order valence-corrected chi connectivity index (χ3v) is 2.89. The summed E-state index contributed by atoms with van der Waals surface area (Å²) in [5, 5.41) is 0. The summed E-state index contributed by atoms with van der Waals surface area (Å²) < 4.78 is 27.5. The van der Waals surface area contributed by atoms with Crippen molar-refractivity contribution < 1.29 is 8.78 Å². The molecule has 2 N–H and O–H groups in total. The van der Waals surface area contributed by atoms with E-state index in [1.807, 2.05) is 0 Å². The van der Waals surface area contributed by atoms with Crippen molar-refractivity contribution in [2.75, 3.05) is 6.54 Å². The van der Waals surface area contributed by atoms with Gasteiger partial charge in [-0.1, -0.05) is 0 Å². The van der Waals surface area contributed by atoms with E-state index in [-0.39, 0.29) is 5.56 Å². The zero-order chi connectivity index (χ0) is 11.4. The van der Waals surface area contributed by atoms with Gasteiger partial charge in [0.2, 0.25) is 0 Å². The molecular weight excluding hydrogens is 264 g/mol. The lowest BCUT2D eigenvalue weighted by molar-refractivity contribution is 0.538. The van der Waals surface area contributed by atoms with Gasteiger partial charge in [-0.25, -0.2) is 8.78 Å². The summed E-state index contributed by atoms with van der Waals surface area (Å²) in [5.74, 6) is -0.928. The van der Waals surface area contributed by atoms with Gasteiger partial charge in [0.25, 0.3) is 0 Å². The second kappa shape index (κ2) is 5.56. The van der Waals surface area contributed by atoms with Crippen LogP contribution in [0.25, 0.3) is 0 Å². The second-order valence-corrected chi connectivity index (χ2v) is 4.38. The Morgan fingerprint density at radius 2 is 1.93 bits per heavy atom. The summed E-state index contributed by atoms with van der Waals surface area (Å²) in [4.78, 5) is 0. The molecule has 4 heteroatoms. The van der Waals surface area contributed by atoms with Gasteiger partial charge >= 0.3 is 0 Å². The van der Waals surface area contributed by atoms with Crippen molar-refractivity contribution in [3.8, 4) is 0 Å². The van der Waals surface area contributed by atoms with Crippen molar-refractivity contribution in [2.45, 2.75) is 26.2 Å². The molecule has 0 aromatic heterocycles. The van der Waals surface area contributed by atoms with Gasteiger partial charge in [-0.2, -0.15) is 0 Å². The molecule has 0 aliphatic heterocycles. The number of nitrogens with two attached hydrogens (primary N) is 1. The molecule has 0 radical (unpaired) electrons. The lowest BCUT2D eigenvalue weighted by Crippen LogP contribution is -2.03. The van der Waals surface area contributed by atoms with Gasteiger partial charge in [-0.05, 0) is 60.3 Å². The highest BCUT2D eigenvalue weighted by Gasteiger charge is 2.14. The van der Waals surface area contributed by atoms with E-state index in [2.05, 4.69) is 15.9 Å². The van der Waals surface area contributed by atoms with E-state index in [1.54, 1.807) is 6.92 Å². The Kier molecular flexibility index (Phi) is 4.67. The number of benzene rings is 1. The third kappa shape index (κ3) is 2.98. The van der Waals surface area contributed by atoms with E-state index in [1.165, 1.54) is 6.07 Å². The van der Waals surface area contributed by atoms with Crippen LogP contribution in [0.5, 0.6) is 0 Å². The molecule has 0 fully saturated rings. The number of halogens is 3. The van der Waals surface area contributed by atoms with Gasteiger partial charge in [-0.3, -0.25) is 0 Å². The summed E-state index contributed by atoms with van der Waals surface area (Å²) in [7, 11) is 0. The molecular formula is C11H14BrF2N. The van der Waals surface area contributed by atoms with Crippen molar-refractivity contribution >= 4 is 15.9 Å². The fourth-order valence-corrected chi connectivity index (χ4v) is 2.04. The maximum atomic E-state index is 13.6. The number of hydrogen-bond donors (Lipinski definition) is 1. The minimum Gasteiger partial charge on any atom is -0.330 e. The Labute approximate surface area is 96.8 Å². The molecule has 15 heavy (non-hydrogen) atoms. The zero-order valence-corrected chi connectivity index (χ0v) is 10.2. The van der Waals surface area contributed by atoms with Crippen LogP contribution in [0, 0.1) is 18.6 Å². The van der Waals surface area contributed by atoms with Crippen molar-refractivity contribution in [2.24, 2.45) is 5.73 Å². The molecule has 0 saturated carbocycles. The summed E-state index contributed by atoms with van der Waals surface area (Å²) in [6, 6.07) is 1.46. The quantitative estimate of drug-likeness (QED) is 0.663. The zero-order valence-electron chi connectivity index (χ0n) is 8.62. The molecule has 1 aromatic carbocycles. The Morgan fingerprint density at radius 1 is 1.27 bits per heavy atom. The van der Waals surface area contributed by atoms with Gasteiger partial charge < -0.3 is 5.73 Å². The van der Waals surface area contributed by atoms with Gasteiger partial charge in [-0.15, -0.1) is 0 Å². The Balaban J connectivity index is 2.94. The first-order valence-electron chi connectivity index (χ1n) is 4.91. The van der Waals surface area contributed by atoms with Crippen LogP contribution in [0.4, 0.5) is 8.78 Å². The van der Waals surface area contributed by atoms with E-state index in [4.69, 9.17) is 5.73 Å². The van der Waals surface area contributed by atoms with Crippen LogP contribution in [-0.2, 0) is 6.42 Å². The fraction of sp³-hybridized carbons (Fsp3) is 0.455. The molecule has 0 unspecified atom stereocenters. The number of rotatable bonds is 4. The number of hydrogen-bond acceptors (Lipinski definition) is 1. The number of aryl methyl sites for hydroxylation is 1. The Bertz CT molecular complexity index is 327. The summed E-state index contributed by atoms with van der Waals surface area (Å²) in [6.45, 7) is 2.18. The molecule has 0 aliphatic carbocycles. The first kappa shape index (κ1) is 12.6. The SMILES string of the molecule is Cc1cc(Br)c(F)c(CCCCN)c1F. The van der Waals surface area contributed by atoms with Crippen LogP contribution in [0.15, 0.2) is 10.5 Å². The van der Waals surface area contributed by atoms with Crippen LogP contribution in [0.3, 0.4) is 0 Å². The van der Waals surface area contributed by atoms with Crippen molar-refractivity contribution in [1.82, 2.24) is 0 Å². The standard InChI is InChI=1S/C11H14BrF2N/c1-7-6-9(12)11(14)8(10(7)13)4-2-3-5-15/h6H,2-5,15H2,1H3. The predicted molar refractivity (Wildman–Crippen MR) is 60.8 cm³/mol. The molecule has 0 saturated heterocycles. The molecule has 0 amide bonds. The maximum Gasteiger partial charge on any atom is 0.143 e. The molecule has 0 atom stereocenters. The van der Waals surface area contributed by atoms with Gasteiger partial charge in [0.15, 0.2) is 0 Å². The van der Waals surface area contributed by atoms with Crippen molar-refractivity contribution in [1.29, 1.82) is 0 Å². The highest BCUT2D eigenvalue weighted by molar-refractivity contribution is 9.10. The van der Waals surface area contributed by atoms with Crippen LogP contribution < -0.4 is 5.73 Å². The lowest BCUT2D eigenvalue weighted by Gasteiger charge is -2.08. The van der Waals surface area contributed by atoms with E-state index >= 15 is 0 Å². The van der Waals surface area contributed by atoms with Crippen molar-refractivity contribution in [3.05, 3.63) is 33.3 Å². The Hall–Kier alpha value is -0.480. The van der Waals surface area contributed by atoms with Gasteiger partial charge in [0.05, 0.1) is 4.47 Å². The number of unbranched alkanes of at least 4 members (excludes halogenated alkanes) is 1. The Morgan fingerprint density at radius 3 is 2.53 bits per heavy atom. The van der Waals surface area contributed by atoms with Crippen LogP contribution >= 0.6 is 15.9 Å². The predicted octanol–water partition coefficient (Wildman–Crippen LogP) is 3.32. The highest BCUT2D eigenvalue weighted by atomic mass is 79.9. The first-order valence-corrected chi connectivity index (χ1v) is 5.70. The molecule has 84 valence electrons. The highest BCUT2D eigenvalue weighted by Crippen LogP contribution is 2.25. The molecule has 1 rings (SSSR count). The van der Waals surface area contributed by atoms with Crippen LogP contribution in [-0.4, -0.2) is 6.54 Å². The minimum atomic E-state index is -0.491. The third-order valence-electron chi connectivity index (χ3n) is 2.31. The molecule has 1 nitrogen and oxygen atoms in total. The lowest BCUT2D eigenvalue weighted by atomic mass is 10.0. The topological polar surface area (TPSA) is 26.0 Å². The summed E-state index contributed by atoms with van der Waals surface area (Å²) in [6.07, 6.45) is 1.89. The fourth-order valence-electron chi connectivity index (χ4n) is 1.46. The molecule has 1 aromatic rings. The van der Waals surface area contributed by atoms with Crippen LogP contribution in [0.1, 0.15) is 24.0 Å². The van der Waals surface area contributed by atoms with E-state index in [0.29, 0.717) is 29.4 Å². The summed E-state index contributed by atoms with van der Waals surface area (Å²) in [5.41, 5.74) is 5.96. The molecule has 0 heterocycles. The normalized spacial score (nSPS) is 10.7. The van der Waals surface area contributed by atoms with Crippen LogP contribution in [0.2, 0.25) is 0 Å². The summed E-state index contributed by atoms with van der Waals surface area (Å²) >= 11 is 3.07. The van der Waals surface area contributed by atoms with Crippen molar-refractivity contribution in [3.63, 3.8) is 0 Å².